The molecule has 0 aliphatic heterocycles. The Morgan fingerprint density at radius 2 is 1.44 bits per heavy atom. The Bertz CT molecular complexity index is 911. The minimum Gasteiger partial charge on any atom is -0.507 e. The quantitative estimate of drug-likeness (QED) is 0.600. The first-order chi connectivity index (χ1) is 13.0. The maximum atomic E-state index is 12.2. The van der Waals surface area contributed by atoms with E-state index in [1.807, 2.05) is 18.2 Å². The van der Waals surface area contributed by atoms with E-state index in [1.54, 1.807) is 30.5 Å². The van der Waals surface area contributed by atoms with Crippen LogP contribution in [0, 0.1) is 0 Å². The van der Waals surface area contributed by atoms with Crippen molar-refractivity contribution in [3.8, 4) is 5.75 Å². The van der Waals surface area contributed by atoms with Gasteiger partial charge < -0.3 is 15.9 Å². The number of nitrogens with two attached hydrogens (primary N) is 1. The van der Waals surface area contributed by atoms with E-state index in [9.17, 15) is 14.7 Å². The van der Waals surface area contributed by atoms with Crippen molar-refractivity contribution in [3.63, 3.8) is 0 Å². The number of carbonyl (C=O) groups is 2. The van der Waals surface area contributed by atoms with Crippen LogP contribution in [0.3, 0.4) is 0 Å². The van der Waals surface area contributed by atoms with Gasteiger partial charge in [0.05, 0.1) is 11.1 Å². The van der Waals surface area contributed by atoms with Crippen molar-refractivity contribution >= 4 is 11.8 Å². The van der Waals surface area contributed by atoms with Crippen LogP contribution < -0.4 is 5.73 Å². The molecule has 2 aromatic carbocycles. The van der Waals surface area contributed by atoms with Crippen LogP contribution in [-0.4, -0.2) is 33.5 Å². The van der Waals surface area contributed by atoms with Crippen molar-refractivity contribution in [2.24, 2.45) is 5.73 Å². The summed E-state index contributed by atoms with van der Waals surface area (Å²) in [6.45, 7) is 0.678. The highest BCUT2D eigenvalue weighted by atomic mass is 16.4. The van der Waals surface area contributed by atoms with Crippen LogP contribution in [0.15, 0.2) is 72.9 Å². The second kappa shape index (κ2) is 9.84. The maximum Gasteiger partial charge on any atom is 0.336 e. The molecule has 0 aliphatic carbocycles. The Hall–Kier alpha value is -3.51. The van der Waals surface area contributed by atoms with Crippen molar-refractivity contribution in [1.29, 1.82) is 0 Å². The number of carboxylic acid groups (broad SMARTS) is 1. The van der Waals surface area contributed by atoms with E-state index < -0.39 is 11.8 Å². The van der Waals surface area contributed by atoms with Gasteiger partial charge in [-0.3, -0.25) is 9.78 Å². The van der Waals surface area contributed by atoms with Crippen LogP contribution in [-0.2, 0) is 6.42 Å². The average molecular weight is 364 g/mol. The Morgan fingerprint density at radius 3 is 2.00 bits per heavy atom. The first kappa shape index (κ1) is 19.8. The van der Waals surface area contributed by atoms with Gasteiger partial charge in [-0.2, -0.15) is 0 Å². The van der Waals surface area contributed by atoms with Crippen LogP contribution in [0.25, 0.3) is 0 Å². The number of nitrogens with zero attached hydrogens (tertiary/aromatic N) is 1. The minimum absolute atomic E-state index is 0.0616. The number of benzene rings is 2. The number of pyridine rings is 1. The number of phenolic OH excluding ortho intramolecular Hbond substituents is 1. The molecule has 0 fully saturated rings. The highest BCUT2D eigenvalue weighted by Gasteiger charge is 2.19. The molecule has 0 saturated carbocycles. The lowest BCUT2D eigenvalue weighted by atomic mass is 9.98. The van der Waals surface area contributed by atoms with Crippen LogP contribution in [0.1, 0.15) is 32.0 Å². The fourth-order valence-electron chi connectivity index (χ4n) is 2.37. The van der Waals surface area contributed by atoms with E-state index in [1.165, 1.54) is 24.3 Å². The van der Waals surface area contributed by atoms with Crippen molar-refractivity contribution in [2.45, 2.75) is 6.42 Å². The second-order valence-corrected chi connectivity index (χ2v) is 5.56. The number of phenols is 1. The zero-order chi connectivity index (χ0) is 19.6. The standard InChI is InChI=1S/C14H10O4.C7H10N2/c15-12-8-4-3-7-11(12)13(16)9-5-1-2-6-10(9)14(17)18;8-5-4-7-3-1-2-6-9-7/h1-8,15H,(H,17,18);1-3,6H,4-5,8H2. The topological polar surface area (TPSA) is 114 Å². The fourth-order valence-corrected chi connectivity index (χ4v) is 2.37. The fraction of sp³-hybridized carbons (Fsp3) is 0.0952. The number of para-hydroxylation sites is 1. The second-order valence-electron chi connectivity index (χ2n) is 5.56. The Morgan fingerprint density at radius 1 is 0.852 bits per heavy atom. The molecule has 1 aromatic heterocycles. The summed E-state index contributed by atoms with van der Waals surface area (Å²) in [5, 5.41) is 18.6. The molecule has 6 nitrogen and oxygen atoms in total. The van der Waals surface area contributed by atoms with Gasteiger partial charge in [0, 0.05) is 23.9 Å². The van der Waals surface area contributed by atoms with Crippen LogP contribution in [0.4, 0.5) is 0 Å². The minimum atomic E-state index is -1.17. The molecule has 6 heteroatoms. The molecule has 0 aliphatic rings. The summed E-state index contributed by atoms with van der Waals surface area (Å²) in [4.78, 5) is 27.3. The van der Waals surface area contributed by atoms with Crippen molar-refractivity contribution < 1.29 is 19.8 Å². The number of aromatic carboxylic acids is 1. The molecular formula is C21H20N2O4. The van der Waals surface area contributed by atoms with E-state index in [4.69, 9.17) is 10.8 Å². The molecule has 0 bridgehead atoms. The summed E-state index contributed by atoms with van der Waals surface area (Å²) in [6, 6.07) is 17.8. The molecule has 0 atom stereocenters. The first-order valence-electron chi connectivity index (χ1n) is 8.29. The molecule has 1 heterocycles. The van der Waals surface area contributed by atoms with Gasteiger partial charge in [-0.1, -0.05) is 36.4 Å². The SMILES string of the molecule is NCCc1ccccn1.O=C(O)c1ccccc1C(=O)c1ccccc1O. The van der Waals surface area contributed by atoms with Crippen molar-refractivity contribution in [1.82, 2.24) is 4.98 Å². The number of aromatic hydroxyl groups is 1. The van der Waals surface area contributed by atoms with E-state index in [2.05, 4.69) is 4.98 Å². The number of ketones is 1. The van der Waals surface area contributed by atoms with Crippen LogP contribution in [0.2, 0.25) is 0 Å². The van der Waals surface area contributed by atoms with Gasteiger partial charge in [0.2, 0.25) is 0 Å². The third-order valence-corrected chi connectivity index (χ3v) is 3.68. The highest BCUT2D eigenvalue weighted by molar-refractivity contribution is 6.15. The van der Waals surface area contributed by atoms with Gasteiger partial charge in [0.15, 0.2) is 5.78 Å². The molecule has 138 valence electrons. The number of aromatic nitrogens is 1. The smallest absolute Gasteiger partial charge is 0.336 e. The Balaban J connectivity index is 0.000000244. The molecule has 3 rings (SSSR count). The maximum absolute atomic E-state index is 12.2. The normalized spacial score (nSPS) is 9.81. The predicted molar refractivity (Wildman–Crippen MR) is 102 cm³/mol. The molecule has 0 radical (unpaired) electrons. The lowest BCUT2D eigenvalue weighted by Gasteiger charge is -2.06. The third-order valence-electron chi connectivity index (χ3n) is 3.68. The summed E-state index contributed by atoms with van der Waals surface area (Å²) in [6.07, 6.45) is 2.66. The van der Waals surface area contributed by atoms with E-state index >= 15 is 0 Å². The van der Waals surface area contributed by atoms with E-state index in [0.29, 0.717) is 6.54 Å². The van der Waals surface area contributed by atoms with Crippen molar-refractivity contribution in [3.05, 3.63) is 95.3 Å². The van der Waals surface area contributed by atoms with Gasteiger partial charge in [-0.15, -0.1) is 0 Å². The molecule has 4 N–H and O–H groups in total. The van der Waals surface area contributed by atoms with Gasteiger partial charge in [-0.05, 0) is 36.9 Å². The number of hydrogen-bond acceptors (Lipinski definition) is 5. The molecule has 27 heavy (non-hydrogen) atoms. The molecular weight excluding hydrogens is 344 g/mol. The highest BCUT2D eigenvalue weighted by Crippen LogP contribution is 2.21. The summed E-state index contributed by atoms with van der Waals surface area (Å²) < 4.78 is 0. The van der Waals surface area contributed by atoms with Crippen molar-refractivity contribution in [2.75, 3.05) is 6.54 Å². The molecule has 3 aromatic rings. The summed E-state index contributed by atoms with van der Waals surface area (Å²) in [5.74, 6) is -1.84. The largest absolute Gasteiger partial charge is 0.507 e. The Labute approximate surface area is 156 Å². The summed E-state index contributed by atoms with van der Waals surface area (Å²) >= 11 is 0. The van der Waals surface area contributed by atoms with Crippen LogP contribution in [0.5, 0.6) is 5.75 Å². The molecule has 0 saturated heterocycles. The van der Waals surface area contributed by atoms with E-state index in [0.717, 1.165) is 12.1 Å². The zero-order valence-corrected chi connectivity index (χ0v) is 14.6. The van der Waals surface area contributed by atoms with Gasteiger partial charge in [0.1, 0.15) is 5.75 Å². The molecule has 0 amide bonds. The Kier molecular flexibility index (Phi) is 7.22. The van der Waals surface area contributed by atoms with Gasteiger partial charge >= 0.3 is 5.97 Å². The summed E-state index contributed by atoms with van der Waals surface area (Å²) in [5.41, 5.74) is 6.46. The summed E-state index contributed by atoms with van der Waals surface area (Å²) in [7, 11) is 0. The van der Waals surface area contributed by atoms with Gasteiger partial charge in [-0.25, -0.2) is 4.79 Å². The zero-order valence-electron chi connectivity index (χ0n) is 14.6. The number of rotatable bonds is 5. The number of hydrogen-bond donors (Lipinski definition) is 3. The van der Waals surface area contributed by atoms with Gasteiger partial charge in [0.25, 0.3) is 0 Å². The number of carbonyl (C=O) groups excluding carboxylic acids is 1. The lowest BCUT2D eigenvalue weighted by molar-refractivity contribution is 0.0692. The van der Waals surface area contributed by atoms with E-state index in [-0.39, 0.29) is 22.4 Å². The molecule has 0 unspecified atom stereocenters. The third kappa shape index (κ3) is 5.49. The number of carboxylic acids is 1. The lowest BCUT2D eigenvalue weighted by Crippen LogP contribution is -2.09. The predicted octanol–water partition coefficient (Wildman–Crippen LogP) is 2.90. The monoisotopic (exact) mass is 364 g/mol. The molecule has 0 spiro atoms. The van der Waals surface area contributed by atoms with Crippen LogP contribution >= 0.6 is 0 Å². The average Bonchev–Trinajstić information content (AvgIpc) is 2.69. The first-order valence-corrected chi connectivity index (χ1v) is 8.29.